The molecule has 0 N–H and O–H groups in total. The average Bonchev–Trinajstić information content (AvgIpc) is 2.69. The van der Waals surface area contributed by atoms with Crippen LogP contribution in [0.4, 0.5) is 13.2 Å². The van der Waals surface area contributed by atoms with E-state index in [1.54, 1.807) is 39.0 Å². The molecule has 0 aliphatic carbocycles. The lowest BCUT2D eigenvalue weighted by molar-refractivity contribution is -0.0500. The van der Waals surface area contributed by atoms with Crippen molar-refractivity contribution in [3.8, 4) is 11.5 Å². The summed E-state index contributed by atoms with van der Waals surface area (Å²) in [6.45, 7) is 23.7. The van der Waals surface area contributed by atoms with E-state index in [0.29, 0.717) is 11.3 Å². The topological polar surface area (TPSA) is 86.7 Å². The third-order valence-electron chi connectivity index (χ3n) is 5.96. The van der Waals surface area contributed by atoms with Crippen LogP contribution in [0.3, 0.4) is 0 Å². The van der Waals surface area contributed by atoms with Crippen molar-refractivity contribution in [2.45, 2.75) is 110 Å². The zero-order chi connectivity index (χ0) is 32.6. The molecule has 0 fully saturated rings. The Morgan fingerprint density at radius 3 is 1.44 bits per heavy atom. The molecule has 0 bridgehead atoms. The van der Waals surface area contributed by atoms with Crippen LogP contribution in [-0.4, -0.2) is 28.6 Å². The average molecular weight is 623 g/mol. The fourth-order valence-electron chi connectivity index (χ4n) is 3.98. The monoisotopic (exact) mass is 622 g/mol. The molecule has 2 aromatic carbocycles. The molecule has 0 radical (unpaired) electrons. The maximum Gasteiger partial charge on any atom is 0.534 e. The summed E-state index contributed by atoms with van der Waals surface area (Å²) in [7, 11) is -9.20. The van der Waals surface area contributed by atoms with Crippen LogP contribution in [0.2, 0.25) is 0 Å². The summed E-state index contributed by atoms with van der Waals surface area (Å²) >= 11 is 0. The normalized spacial score (nSPS) is 13.8. The van der Waals surface area contributed by atoms with Gasteiger partial charge in [0.2, 0.25) is 0 Å². The summed E-state index contributed by atoms with van der Waals surface area (Å²) < 4.78 is 92.3. The van der Waals surface area contributed by atoms with Crippen LogP contribution in [-0.2, 0) is 41.9 Å². The molecule has 234 valence electrons. The summed E-state index contributed by atoms with van der Waals surface area (Å²) in [5.74, 6) is 0.139. The van der Waals surface area contributed by atoms with Gasteiger partial charge in [-0.1, -0.05) is 107 Å². The largest absolute Gasteiger partial charge is 0.534 e. The Kier molecular flexibility index (Phi) is 10.6. The van der Waals surface area contributed by atoms with Gasteiger partial charge in [-0.2, -0.15) is 30.0 Å². The third kappa shape index (κ3) is 10.5. The summed E-state index contributed by atoms with van der Waals surface area (Å²) in [5.41, 5.74) is -3.15. The summed E-state index contributed by atoms with van der Waals surface area (Å²) in [6, 6.07) is 10.2. The second-order valence-electron chi connectivity index (χ2n) is 14.2. The van der Waals surface area contributed by atoms with Crippen LogP contribution in [0.1, 0.15) is 105 Å². The van der Waals surface area contributed by atoms with Crippen LogP contribution in [0, 0.1) is 0 Å². The molecule has 11 heteroatoms. The number of benzene rings is 2. The lowest BCUT2D eigenvalue weighted by Gasteiger charge is -2.31. The number of halogens is 3. The smallest absolute Gasteiger partial charge is 0.382 e. The minimum Gasteiger partial charge on any atom is -0.382 e. The van der Waals surface area contributed by atoms with E-state index in [4.69, 9.17) is 4.18 Å². The summed E-state index contributed by atoms with van der Waals surface area (Å²) in [5, 5.41) is 0. The van der Waals surface area contributed by atoms with Crippen molar-refractivity contribution in [2.24, 2.45) is 0 Å². The molecule has 2 aromatic rings. The molecular formula is C30H45F3O6S2. The quantitative estimate of drug-likeness (QED) is 0.253. The Balaban J connectivity index is 0.000000414. The van der Waals surface area contributed by atoms with Crippen LogP contribution in [0.15, 0.2) is 36.4 Å². The van der Waals surface area contributed by atoms with Gasteiger partial charge in [0.15, 0.2) is 0 Å². The number of alkyl halides is 3. The highest BCUT2D eigenvalue weighted by Gasteiger charge is 2.49. The highest BCUT2D eigenvalue weighted by Crippen LogP contribution is 2.40. The predicted octanol–water partition coefficient (Wildman–Crippen LogP) is 8.13. The summed E-state index contributed by atoms with van der Waals surface area (Å²) in [4.78, 5) is 0. The van der Waals surface area contributed by atoms with Crippen molar-refractivity contribution in [1.29, 1.82) is 0 Å². The Hall–Kier alpha value is -2.27. The second kappa shape index (κ2) is 11.8. The van der Waals surface area contributed by atoms with Gasteiger partial charge >= 0.3 is 25.7 Å². The van der Waals surface area contributed by atoms with Crippen LogP contribution in [0.25, 0.3) is 0 Å². The first kappa shape index (κ1) is 36.8. The molecule has 0 spiro atoms. The number of rotatable bonds is 4. The summed E-state index contributed by atoms with van der Waals surface area (Å²) in [6.07, 6.45) is 1.07. The van der Waals surface area contributed by atoms with Crippen molar-refractivity contribution < 1.29 is 38.4 Å². The van der Waals surface area contributed by atoms with Gasteiger partial charge < -0.3 is 8.37 Å². The molecule has 0 aliphatic heterocycles. The molecule has 0 aromatic heterocycles. The van der Waals surface area contributed by atoms with Gasteiger partial charge in [-0.15, -0.1) is 0 Å². The third-order valence-corrected chi connectivity index (χ3v) is 7.41. The molecule has 0 atom stereocenters. The van der Waals surface area contributed by atoms with E-state index in [1.807, 2.05) is 32.9 Å². The molecule has 0 heterocycles. The molecule has 0 unspecified atom stereocenters. The standard InChI is InChI=1S/C15H21F3O3S.C15H24O3S/c1-13(2,3)10-7-8-12(11(9-10)14(4,5)6)21-22(19,20)15(16,17)18;1-14(2,3)11-9-8-10-12(18-19(7,16)17)13(11)15(4,5)6/h7-9H,1-6H3;8-10H,1-7H3. The highest BCUT2D eigenvalue weighted by molar-refractivity contribution is 7.88. The first-order valence-electron chi connectivity index (χ1n) is 13.1. The van der Waals surface area contributed by atoms with Gasteiger partial charge in [-0.25, -0.2) is 0 Å². The predicted molar refractivity (Wildman–Crippen MR) is 159 cm³/mol. The minimum atomic E-state index is -5.68. The van der Waals surface area contributed by atoms with E-state index >= 15 is 0 Å². The first-order chi connectivity index (χ1) is 17.9. The molecule has 0 saturated carbocycles. The van der Waals surface area contributed by atoms with Gasteiger partial charge in [-0.05, 0) is 44.9 Å². The Bertz CT molecular complexity index is 1430. The van der Waals surface area contributed by atoms with Gasteiger partial charge in [-0.3, -0.25) is 0 Å². The molecule has 0 saturated heterocycles. The second-order valence-corrected chi connectivity index (χ2v) is 17.3. The Morgan fingerprint density at radius 1 is 0.585 bits per heavy atom. The lowest BCUT2D eigenvalue weighted by Crippen LogP contribution is -2.29. The van der Waals surface area contributed by atoms with Crippen LogP contribution < -0.4 is 8.37 Å². The van der Waals surface area contributed by atoms with E-state index < -0.39 is 31.2 Å². The van der Waals surface area contributed by atoms with Crippen molar-refractivity contribution in [2.75, 3.05) is 6.26 Å². The van der Waals surface area contributed by atoms with E-state index in [0.717, 1.165) is 22.9 Å². The maximum atomic E-state index is 12.5. The first-order valence-corrected chi connectivity index (χ1v) is 16.3. The Labute approximate surface area is 244 Å². The fraction of sp³-hybridized carbons (Fsp3) is 0.600. The molecule has 41 heavy (non-hydrogen) atoms. The van der Waals surface area contributed by atoms with E-state index in [9.17, 15) is 30.0 Å². The molecule has 2 rings (SSSR count). The van der Waals surface area contributed by atoms with Crippen molar-refractivity contribution in [3.05, 3.63) is 58.7 Å². The SMILES string of the molecule is CC(C)(C)c1ccc(OS(=O)(=O)C(F)(F)F)c(C(C)(C)C)c1.CC(C)(C)c1cccc(OS(C)(=O)=O)c1C(C)(C)C. The van der Waals surface area contributed by atoms with Gasteiger partial charge in [0, 0.05) is 11.1 Å². The van der Waals surface area contributed by atoms with Crippen molar-refractivity contribution in [3.63, 3.8) is 0 Å². The molecule has 0 amide bonds. The fourth-order valence-corrected chi connectivity index (χ4v) is 4.92. The van der Waals surface area contributed by atoms with E-state index in [2.05, 4.69) is 45.7 Å². The number of hydrogen-bond donors (Lipinski definition) is 0. The molecule has 0 aliphatic rings. The zero-order valence-corrected chi connectivity index (χ0v) is 28.0. The van der Waals surface area contributed by atoms with Crippen LogP contribution >= 0.6 is 0 Å². The minimum absolute atomic E-state index is 0.0700. The van der Waals surface area contributed by atoms with Crippen molar-refractivity contribution in [1.82, 2.24) is 0 Å². The van der Waals surface area contributed by atoms with Gasteiger partial charge in [0.05, 0.1) is 6.26 Å². The molecule has 6 nitrogen and oxygen atoms in total. The Morgan fingerprint density at radius 2 is 1.07 bits per heavy atom. The number of hydrogen-bond acceptors (Lipinski definition) is 6. The van der Waals surface area contributed by atoms with E-state index in [-0.39, 0.29) is 22.0 Å². The maximum absolute atomic E-state index is 12.5. The molecular weight excluding hydrogens is 577 g/mol. The lowest BCUT2D eigenvalue weighted by atomic mass is 9.75. The zero-order valence-electron chi connectivity index (χ0n) is 26.4. The van der Waals surface area contributed by atoms with E-state index in [1.165, 1.54) is 6.07 Å². The highest BCUT2D eigenvalue weighted by atomic mass is 32.2. The van der Waals surface area contributed by atoms with Crippen LogP contribution in [0.5, 0.6) is 11.5 Å². The van der Waals surface area contributed by atoms with Gasteiger partial charge in [0.25, 0.3) is 0 Å². The van der Waals surface area contributed by atoms with Gasteiger partial charge in [0.1, 0.15) is 11.5 Å². The van der Waals surface area contributed by atoms with Crippen molar-refractivity contribution >= 4 is 20.2 Å².